The fourth-order valence-electron chi connectivity index (χ4n) is 3.31. The molecule has 0 radical (unpaired) electrons. The molecular weight excluding hydrogens is 320 g/mol. The van der Waals surface area contributed by atoms with Crippen LogP contribution in [0.15, 0.2) is 30.6 Å². The Hall–Kier alpha value is -2.21. The van der Waals surface area contributed by atoms with Crippen LogP contribution in [0.2, 0.25) is 0 Å². The normalized spacial score (nSPS) is 18.1. The van der Waals surface area contributed by atoms with Crippen LogP contribution in [-0.2, 0) is 0 Å². The van der Waals surface area contributed by atoms with E-state index in [1.54, 1.807) is 13.4 Å². The summed E-state index contributed by atoms with van der Waals surface area (Å²) >= 11 is 1.49. The highest BCUT2D eigenvalue weighted by molar-refractivity contribution is 7.14. The highest BCUT2D eigenvalue weighted by Crippen LogP contribution is 2.36. The van der Waals surface area contributed by atoms with Gasteiger partial charge in [0.25, 0.3) is 0 Å². The molecule has 0 N–H and O–H groups in total. The lowest BCUT2D eigenvalue weighted by Gasteiger charge is -2.34. The van der Waals surface area contributed by atoms with Crippen molar-refractivity contribution in [3.63, 3.8) is 0 Å². The Morgan fingerprint density at radius 3 is 2.75 bits per heavy atom. The third kappa shape index (κ3) is 2.60. The third-order valence-corrected chi connectivity index (χ3v) is 5.51. The fraction of sp³-hybridized carbons (Fsp3) is 0.389. The Morgan fingerprint density at radius 1 is 1.17 bits per heavy atom. The maximum Gasteiger partial charge on any atom is 0.151 e. The number of hydrogen-bond donors (Lipinski definition) is 0. The third-order valence-electron chi connectivity index (χ3n) is 4.68. The van der Waals surface area contributed by atoms with Gasteiger partial charge < -0.3 is 9.64 Å². The summed E-state index contributed by atoms with van der Waals surface area (Å²) in [6.07, 6.45) is 5.40. The van der Waals surface area contributed by atoms with E-state index in [0.717, 1.165) is 39.6 Å². The van der Waals surface area contributed by atoms with Crippen LogP contribution in [0.4, 0.5) is 5.82 Å². The molecule has 0 aliphatic carbocycles. The fourth-order valence-corrected chi connectivity index (χ4v) is 4.17. The van der Waals surface area contributed by atoms with Gasteiger partial charge in [-0.25, -0.2) is 9.97 Å². The SMILES string of the molecule is COc1ccc(-c2nsc3c(N4CCCC[C@H]4C)ncnc23)cc1. The van der Waals surface area contributed by atoms with Crippen LogP contribution < -0.4 is 9.64 Å². The van der Waals surface area contributed by atoms with E-state index in [0.29, 0.717) is 6.04 Å². The predicted octanol–water partition coefficient (Wildman–Crippen LogP) is 4.14. The maximum absolute atomic E-state index is 5.23. The van der Waals surface area contributed by atoms with Crippen molar-refractivity contribution in [2.75, 3.05) is 18.6 Å². The lowest BCUT2D eigenvalue weighted by molar-refractivity contribution is 0.415. The summed E-state index contributed by atoms with van der Waals surface area (Å²) in [6, 6.07) is 8.48. The second kappa shape index (κ2) is 6.36. The standard InChI is InChI=1S/C18H20N4OS/c1-12-5-3-4-10-22(12)18-17-16(19-11-20-18)15(21-24-17)13-6-8-14(23-2)9-7-13/h6-9,11-12H,3-5,10H2,1-2H3/t12-/m1/s1. The molecule has 4 rings (SSSR count). The maximum atomic E-state index is 5.23. The molecule has 0 unspecified atom stereocenters. The Morgan fingerprint density at radius 2 is 2.00 bits per heavy atom. The number of rotatable bonds is 3. The van der Waals surface area contributed by atoms with Crippen LogP contribution in [0.25, 0.3) is 21.5 Å². The van der Waals surface area contributed by atoms with Crippen LogP contribution in [0.5, 0.6) is 5.75 Å². The zero-order valence-corrected chi connectivity index (χ0v) is 14.7. The lowest BCUT2D eigenvalue weighted by Crippen LogP contribution is -2.38. The van der Waals surface area contributed by atoms with Gasteiger partial charge in [0, 0.05) is 18.2 Å². The van der Waals surface area contributed by atoms with E-state index >= 15 is 0 Å². The van der Waals surface area contributed by atoms with Gasteiger partial charge in [0.1, 0.15) is 28.0 Å². The summed E-state index contributed by atoms with van der Waals surface area (Å²) in [4.78, 5) is 11.5. The van der Waals surface area contributed by atoms with Crippen molar-refractivity contribution in [3.05, 3.63) is 30.6 Å². The van der Waals surface area contributed by atoms with Crippen LogP contribution in [0.1, 0.15) is 26.2 Å². The molecule has 1 atom stereocenters. The van der Waals surface area contributed by atoms with Crippen LogP contribution in [0, 0.1) is 0 Å². The minimum atomic E-state index is 0.517. The summed E-state index contributed by atoms with van der Waals surface area (Å²) in [7, 11) is 1.67. The van der Waals surface area contributed by atoms with Gasteiger partial charge in [-0.15, -0.1) is 0 Å². The molecule has 0 saturated carbocycles. The molecule has 24 heavy (non-hydrogen) atoms. The summed E-state index contributed by atoms with van der Waals surface area (Å²) in [5.74, 6) is 1.88. The smallest absolute Gasteiger partial charge is 0.151 e. The van der Waals surface area contributed by atoms with E-state index in [9.17, 15) is 0 Å². The van der Waals surface area contributed by atoms with E-state index < -0.39 is 0 Å². The molecule has 0 amide bonds. The van der Waals surface area contributed by atoms with Gasteiger partial charge in [-0.1, -0.05) is 0 Å². The highest BCUT2D eigenvalue weighted by Gasteiger charge is 2.24. The van der Waals surface area contributed by atoms with Crippen molar-refractivity contribution in [2.45, 2.75) is 32.2 Å². The molecule has 1 aliphatic rings. The van der Waals surface area contributed by atoms with E-state index in [2.05, 4.69) is 26.2 Å². The minimum absolute atomic E-state index is 0.517. The van der Waals surface area contributed by atoms with Crippen molar-refractivity contribution in [3.8, 4) is 17.0 Å². The van der Waals surface area contributed by atoms with Crippen LogP contribution in [0.3, 0.4) is 0 Å². The van der Waals surface area contributed by atoms with Crippen LogP contribution >= 0.6 is 11.5 Å². The molecule has 0 bridgehead atoms. The molecule has 1 aliphatic heterocycles. The van der Waals surface area contributed by atoms with Crippen molar-refractivity contribution >= 4 is 27.6 Å². The van der Waals surface area contributed by atoms with Gasteiger partial charge in [0.2, 0.25) is 0 Å². The van der Waals surface area contributed by atoms with Gasteiger partial charge in [-0.05, 0) is 62.0 Å². The molecule has 2 aromatic heterocycles. The number of benzene rings is 1. The van der Waals surface area contributed by atoms with E-state index in [1.807, 2.05) is 24.3 Å². The van der Waals surface area contributed by atoms with E-state index in [1.165, 1.54) is 30.8 Å². The number of hydrogen-bond acceptors (Lipinski definition) is 6. The number of piperidine rings is 1. The van der Waals surface area contributed by atoms with Gasteiger partial charge in [0.15, 0.2) is 5.82 Å². The largest absolute Gasteiger partial charge is 0.497 e. The average molecular weight is 340 g/mol. The zero-order valence-electron chi connectivity index (χ0n) is 13.9. The number of fused-ring (bicyclic) bond motifs is 1. The van der Waals surface area contributed by atoms with Gasteiger partial charge in [-0.2, -0.15) is 4.37 Å². The monoisotopic (exact) mass is 340 g/mol. The Labute approximate surface area is 145 Å². The molecular formula is C18H20N4OS. The first-order chi connectivity index (χ1) is 11.8. The highest BCUT2D eigenvalue weighted by atomic mass is 32.1. The number of methoxy groups -OCH3 is 1. The van der Waals surface area contributed by atoms with Gasteiger partial charge >= 0.3 is 0 Å². The molecule has 5 nitrogen and oxygen atoms in total. The molecule has 0 spiro atoms. The molecule has 6 heteroatoms. The van der Waals surface area contributed by atoms with Gasteiger partial charge in [-0.3, -0.25) is 0 Å². The van der Waals surface area contributed by atoms with Crippen LogP contribution in [-0.4, -0.2) is 34.0 Å². The first-order valence-electron chi connectivity index (χ1n) is 8.29. The molecule has 3 heterocycles. The Balaban J connectivity index is 1.78. The summed E-state index contributed by atoms with van der Waals surface area (Å²) in [6.45, 7) is 3.33. The number of nitrogens with zero attached hydrogens (tertiary/aromatic N) is 4. The topological polar surface area (TPSA) is 51.1 Å². The second-order valence-corrected chi connectivity index (χ2v) is 6.95. The summed E-state index contributed by atoms with van der Waals surface area (Å²) in [5, 5.41) is 0. The lowest BCUT2D eigenvalue weighted by atomic mass is 10.0. The zero-order chi connectivity index (χ0) is 16.5. The average Bonchev–Trinajstić information content (AvgIpc) is 3.06. The number of anilines is 1. The molecule has 1 saturated heterocycles. The van der Waals surface area contributed by atoms with Gasteiger partial charge in [0.05, 0.1) is 7.11 Å². The van der Waals surface area contributed by atoms with E-state index in [-0.39, 0.29) is 0 Å². The van der Waals surface area contributed by atoms with Crippen molar-refractivity contribution in [1.82, 2.24) is 14.3 Å². The molecule has 124 valence electrons. The first-order valence-corrected chi connectivity index (χ1v) is 9.06. The van der Waals surface area contributed by atoms with Crippen molar-refractivity contribution in [1.29, 1.82) is 0 Å². The number of ether oxygens (including phenoxy) is 1. The van der Waals surface area contributed by atoms with Crippen molar-refractivity contribution in [2.24, 2.45) is 0 Å². The minimum Gasteiger partial charge on any atom is -0.497 e. The molecule has 1 aromatic carbocycles. The first kappa shape index (κ1) is 15.3. The second-order valence-electron chi connectivity index (χ2n) is 6.17. The van der Waals surface area contributed by atoms with E-state index in [4.69, 9.17) is 4.74 Å². The summed E-state index contributed by atoms with van der Waals surface area (Å²) < 4.78 is 11.0. The summed E-state index contributed by atoms with van der Waals surface area (Å²) in [5.41, 5.74) is 2.91. The predicted molar refractivity (Wildman–Crippen MR) is 97.9 cm³/mol. The van der Waals surface area contributed by atoms with Crippen molar-refractivity contribution < 1.29 is 4.74 Å². The Kier molecular flexibility index (Phi) is 4.06. The number of aromatic nitrogens is 3. The molecule has 1 fully saturated rings. The quantitative estimate of drug-likeness (QED) is 0.717. The molecule has 3 aromatic rings. The Bertz CT molecular complexity index is 846.